The lowest BCUT2D eigenvalue weighted by atomic mass is 10.1. The number of carbonyl (C=O) groups excluding carboxylic acids is 1. The van der Waals surface area contributed by atoms with Gasteiger partial charge in [0.15, 0.2) is 0 Å². The molecule has 18 heavy (non-hydrogen) atoms. The SMILES string of the molecule is CCOC(=O)c1ccc(Br)c(-c2ccccn2)c1. The van der Waals surface area contributed by atoms with Crippen molar-refractivity contribution < 1.29 is 9.53 Å². The van der Waals surface area contributed by atoms with Gasteiger partial charge in [-0.05, 0) is 37.3 Å². The van der Waals surface area contributed by atoms with Gasteiger partial charge in [-0.2, -0.15) is 0 Å². The molecule has 0 saturated carbocycles. The molecule has 2 aromatic rings. The molecule has 0 unspecified atom stereocenters. The summed E-state index contributed by atoms with van der Waals surface area (Å²) in [7, 11) is 0. The van der Waals surface area contributed by atoms with Crippen molar-refractivity contribution in [3.63, 3.8) is 0 Å². The number of carbonyl (C=O) groups is 1. The van der Waals surface area contributed by atoms with E-state index in [0.717, 1.165) is 15.7 Å². The summed E-state index contributed by atoms with van der Waals surface area (Å²) < 4.78 is 5.88. The first-order valence-electron chi connectivity index (χ1n) is 5.60. The molecular formula is C14H12BrNO2. The average molecular weight is 306 g/mol. The second-order valence-electron chi connectivity index (χ2n) is 3.63. The number of nitrogens with zero attached hydrogens (tertiary/aromatic N) is 1. The van der Waals surface area contributed by atoms with E-state index < -0.39 is 0 Å². The highest BCUT2D eigenvalue weighted by atomic mass is 79.9. The van der Waals surface area contributed by atoms with Gasteiger partial charge in [0.1, 0.15) is 0 Å². The van der Waals surface area contributed by atoms with Crippen LogP contribution in [0, 0.1) is 0 Å². The van der Waals surface area contributed by atoms with Crippen molar-refractivity contribution in [1.82, 2.24) is 4.98 Å². The van der Waals surface area contributed by atoms with Gasteiger partial charge in [0, 0.05) is 16.2 Å². The molecular weight excluding hydrogens is 294 g/mol. The normalized spacial score (nSPS) is 10.1. The largest absolute Gasteiger partial charge is 0.462 e. The lowest BCUT2D eigenvalue weighted by Crippen LogP contribution is -2.04. The molecule has 0 saturated heterocycles. The Hall–Kier alpha value is -1.68. The predicted molar refractivity (Wildman–Crippen MR) is 73.3 cm³/mol. The van der Waals surface area contributed by atoms with Crippen molar-refractivity contribution in [3.8, 4) is 11.3 Å². The summed E-state index contributed by atoms with van der Waals surface area (Å²) in [4.78, 5) is 16.0. The first-order chi connectivity index (χ1) is 8.72. The van der Waals surface area contributed by atoms with Crippen LogP contribution < -0.4 is 0 Å². The van der Waals surface area contributed by atoms with E-state index in [0.29, 0.717) is 12.2 Å². The zero-order valence-electron chi connectivity index (χ0n) is 9.89. The fourth-order valence-electron chi connectivity index (χ4n) is 1.59. The molecule has 0 bridgehead atoms. The van der Waals surface area contributed by atoms with Gasteiger partial charge >= 0.3 is 5.97 Å². The minimum absolute atomic E-state index is 0.317. The van der Waals surface area contributed by atoms with Crippen LogP contribution in [-0.2, 0) is 4.74 Å². The Labute approximate surface area is 114 Å². The number of aromatic nitrogens is 1. The Kier molecular flexibility index (Phi) is 4.10. The van der Waals surface area contributed by atoms with Gasteiger partial charge in [-0.1, -0.05) is 22.0 Å². The third kappa shape index (κ3) is 2.76. The van der Waals surface area contributed by atoms with E-state index in [9.17, 15) is 4.79 Å². The highest BCUT2D eigenvalue weighted by Gasteiger charge is 2.11. The van der Waals surface area contributed by atoms with Crippen LogP contribution in [0.25, 0.3) is 11.3 Å². The van der Waals surface area contributed by atoms with Gasteiger partial charge < -0.3 is 4.74 Å². The Morgan fingerprint density at radius 2 is 2.17 bits per heavy atom. The molecule has 0 N–H and O–H groups in total. The summed E-state index contributed by atoms with van der Waals surface area (Å²) in [6.07, 6.45) is 1.72. The summed E-state index contributed by atoms with van der Waals surface area (Å²) in [6.45, 7) is 2.16. The molecule has 0 amide bonds. The van der Waals surface area contributed by atoms with Gasteiger partial charge in [0.2, 0.25) is 0 Å². The summed E-state index contributed by atoms with van der Waals surface area (Å²) in [6, 6.07) is 11.0. The van der Waals surface area contributed by atoms with Crippen LogP contribution in [-0.4, -0.2) is 17.6 Å². The first-order valence-corrected chi connectivity index (χ1v) is 6.39. The van der Waals surface area contributed by atoms with Crippen LogP contribution in [0.4, 0.5) is 0 Å². The molecule has 0 aliphatic heterocycles. The maximum Gasteiger partial charge on any atom is 0.338 e. The van der Waals surface area contributed by atoms with Crippen LogP contribution in [0.2, 0.25) is 0 Å². The van der Waals surface area contributed by atoms with Crippen LogP contribution in [0.1, 0.15) is 17.3 Å². The Morgan fingerprint density at radius 3 is 2.83 bits per heavy atom. The minimum Gasteiger partial charge on any atom is -0.462 e. The van der Waals surface area contributed by atoms with E-state index in [4.69, 9.17) is 4.74 Å². The van der Waals surface area contributed by atoms with E-state index in [1.165, 1.54) is 0 Å². The van der Waals surface area contributed by atoms with E-state index in [1.807, 2.05) is 24.3 Å². The van der Waals surface area contributed by atoms with Gasteiger partial charge in [-0.15, -0.1) is 0 Å². The molecule has 0 aliphatic carbocycles. The van der Waals surface area contributed by atoms with Crippen LogP contribution in [0.5, 0.6) is 0 Å². The molecule has 4 heteroatoms. The average Bonchev–Trinajstić information content (AvgIpc) is 2.40. The number of halogens is 1. The second-order valence-corrected chi connectivity index (χ2v) is 4.48. The predicted octanol–water partition coefficient (Wildman–Crippen LogP) is 3.69. The van der Waals surface area contributed by atoms with Crippen LogP contribution >= 0.6 is 15.9 Å². The highest BCUT2D eigenvalue weighted by Crippen LogP contribution is 2.27. The third-order valence-electron chi connectivity index (χ3n) is 2.42. The molecule has 92 valence electrons. The zero-order chi connectivity index (χ0) is 13.0. The number of benzene rings is 1. The topological polar surface area (TPSA) is 39.2 Å². The molecule has 1 aromatic heterocycles. The van der Waals surface area contributed by atoms with Crippen LogP contribution in [0.15, 0.2) is 47.1 Å². The van der Waals surface area contributed by atoms with Crippen molar-refractivity contribution >= 4 is 21.9 Å². The summed E-state index contributed by atoms with van der Waals surface area (Å²) >= 11 is 3.46. The molecule has 0 aliphatic rings. The molecule has 0 fully saturated rings. The number of hydrogen-bond donors (Lipinski definition) is 0. The van der Waals surface area contributed by atoms with Crippen LogP contribution in [0.3, 0.4) is 0 Å². The number of ether oxygens (including phenoxy) is 1. The lowest BCUT2D eigenvalue weighted by Gasteiger charge is -2.07. The van der Waals surface area contributed by atoms with E-state index in [2.05, 4.69) is 20.9 Å². The minimum atomic E-state index is -0.317. The van der Waals surface area contributed by atoms with Gasteiger partial charge in [0.25, 0.3) is 0 Å². The van der Waals surface area contributed by atoms with Gasteiger partial charge in [0.05, 0.1) is 17.9 Å². The van der Waals surface area contributed by atoms with Gasteiger partial charge in [-0.3, -0.25) is 4.98 Å². The molecule has 1 heterocycles. The molecule has 0 radical (unpaired) electrons. The molecule has 1 aromatic carbocycles. The number of esters is 1. The summed E-state index contributed by atoms with van der Waals surface area (Å²) in [5, 5.41) is 0. The van der Waals surface area contributed by atoms with Crippen molar-refractivity contribution in [3.05, 3.63) is 52.6 Å². The molecule has 0 spiro atoms. The summed E-state index contributed by atoms with van der Waals surface area (Å²) in [5.74, 6) is -0.317. The second kappa shape index (κ2) is 5.78. The Morgan fingerprint density at radius 1 is 1.33 bits per heavy atom. The lowest BCUT2D eigenvalue weighted by molar-refractivity contribution is 0.0526. The number of hydrogen-bond acceptors (Lipinski definition) is 3. The summed E-state index contributed by atoms with van der Waals surface area (Å²) in [5.41, 5.74) is 2.22. The standard InChI is InChI=1S/C14H12BrNO2/c1-2-18-14(17)10-6-7-12(15)11(9-10)13-5-3-4-8-16-13/h3-9H,2H2,1H3. The third-order valence-corrected chi connectivity index (χ3v) is 3.11. The number of pyridine rings is 1. The Bertz CT molecular complexity index is 555. The van der Waals surface area contributed by atoms with Crippen molar-refractivity contribution in [1.29, 1.82) is 0 Å². The maximum absolute atomic E-state index is 11.7. The molecule has 2 rings (SSSR count). The van der Waals surface area contributed by atoms with E-state index >= 15 is 0 Å². The monoisotopic (exact) mass is 305 g/mol. The quantitative estimate of drug-likeness (QED) is 0.812. The highest BCUT2D eigenvalue weighted by molar-refractivity contribution is 9.10. The molecule has 0 atom stereocenters. The van der Waals surface area contributed by atoms with E-state index in [1.54, 1.807) is 25.3 Å². The van der Waals surface area contributed by atoms with Gasteiger partial charge in [-0.25, -0.2) is 4.79 Å². The van der Waals surface area contributed by atoms with Crippen molar-refractivity contribution in [2.24, 2.45) is 0 Å². The molecule has 3 nitrogen and oxygen atoms in total. The zero-order valence-corrected chi connectivity index (χ0v) is 11.5. The fraction of sp³-hybridized carbons (Fsp3) is 0.143. The fourth-order valence-corrected chi connectivity index (χ4v) is 2.03. The van der Waals surface area contributed by atoms with Crippen molar-refractivity contribution in [2.45, 2.75) is 6.92 Å². The number of rotatable bonds is 3. The Balaban J connectivity index is 2.42. The smallest absolute Gasteiger partial charge is 0.338 e. The maximum atomic E-state index is 11.7. The van der Waals surface area contributed by atoms with Crippen molar-refractivity contribution in [2.75, 3.05) is 6.61 Å². The van der Waals surface area contributed by atoms with E-state index in [-0.39, 0.29) is 5.97 Å². The first kappa shape index (κ1) is 12.8.